The summed E-state index contributed by atoms with van der Waals surface area (Å²) in [5.74, 6) is 0.664. The third kappa shape index (κ3) is 0.857. The van der Waals surface area contributed by atoms with Crippen LogP contribution in [-0.2, 0) is 9.53 Å². The molecule has 0 amide bonds. The number of carbonyl (C=O) groups excluding carboxylic acids is 1. The molecular formula is C9H12O2. The lowest BCUT2D eigenvalue weighted by Crippen LogP contribution is -2.32. The Hall–Kier alpha value is -0.630. The van der Waals surface area contributed by atoms with E-state index in [1.54, 1.807) is 6.08 Å². The number of ketones is 1. The van der Waals surface area contributed by atoms with Crippen molar-refractivity contribution in [3.63, 3.8) is 0 Å². The van der Waals surface area contributed by atoms with E-state index in [-0.39, 0.29) is 17.3 Å². The zero-order valence-corrected chi connectivity index (χ0v) is 6.83. The monoisotopic (exact) mass is 152 g/mol. The quantitative estimate of drug-likeness (QED) is 0.520. The maximum absolute atomic E-state index is 11.3. The van der Waals surface area contributed by atoms with Gasteiger partial charge in [0.2, 0.25) is 0 Å². The molecule has 11 heavy (non-hydrogen) atoms. The van der Waals surface area contributed by atoms with Crippen molar-refractivity contribution in [3.8, 4) is 0 Å². The van der Waals surface area contributed by atoms with Crippen LogP contribution in [0.1, 0.15) is 13.8 Å². The lowest BCUT2D eigenvalue weighted by atomic mass is 9.85. The molecule has 1 fully saturated rings. The SMILES string of the molecule is CC1(C)OC[C@@H]2C=CC(=O)[C@@H]21. The maximum Gasteiger partial charge on any atom is 0.161 e. The van der Waals surface area contributed by atoms with Gasteiger partial charge in [-0.3, -0.25) is 4.79 Å². The first-order valence-corrected chi connectivity index (χ1v) is 3.97. The fraction of sp³-hybridized carbons (Fsp3) is 0.667. The standard InChI is InChI=1S/C9H12O2/c1-9(2)8-6(5-11-9)3-4-7(8)10/h3-4,6,8H,5H2,1-2H3/t6-,8+/m0/s1. The highest BCUT2D eigenvalue weighted by atomic mass is 16.5. The zero-order valence-electron chi connectivity index (χ0n) is 6.83. The molecule has 2 atom stereocenters. The molecule has 0 aromatic heterocycles. The van der Waals surface area contributed by atoms with E-state index in [0.717, 1.165) is 0 Å². The topological polar surface area (TPSA) is 26.3 Å². The minimum absolute atomic E-state index is 0.0856. The Morgan fingerprint density at radius 1 is 1.64 bits per heavy atom. The predicted molar refractivity (Wildman–Crippen MR) is 41.2 cm³/mol. The molecule has 1 heterocycles. The number of fused-ring (bicyclic) bond motifs is 1. The van der Waals surface area contributed by atoms with Crippen LogP contribution in [0.15, 0.2) is 12.2 Å². The summed E-state index contributed by atoms with van der Waals surface area (Å²) in [5, 5.41) is 0. The van der Waals surface area contributed by atoms with Crippen LogP contribution in [0.3, 0.4) is 0 Å². The molecule has 2 rings (SSSR count). The van der Waals surface area contributed by atoms with Crippen LogP contribution in [0, 0.1) is 11.8 Å². The van der Waals surface area contributed by atoms with Gasteiger partial charge < -0.3 is 4.74 Å². The molecule has 0 unspecified atom stereocenters. The Kier molecular flexibility index (Phi) is 1.25. The molecule has 1 saturated heterocycles. The summed E-state index contributed by atoms with van der Waals surface area (Å²) in [6.45, 7) is 4.69. The number of rotatable bonds is 0. The first kappa shape index (κ1) is 7.04. The number of hydrogen-bond donors (Lipinski definition) is 0. The van der Waals surface area contributed by atoms with Crippen molar-refractivity contribution in [1.29, 1.82) is 0 Å². The van der Waals surface area contributed by atoms with Gasteiger partial charge in [0.05, 0.1) is 18.1 Å². The Morgan fingerprint density at radius 2 is 2.36 bits per heavy atom. The van der Waals surface area contributed by atoms with Crippen LogP contribution >= 0.6 is 0 Å². The van der Waals surface area contributed by atoms with E-state index in [1.807, 2.05) is 19.9 Å². The second kappa shape index (κ2) is 1.95. The highest BCUT2D eigenvalue weighted by Crippen LogP contribution is 2.40. The highest BCUT2D eigenvalue weighted by molar-refractivity contribution is 5.95. The van der Waals surface area contributed by atoms with Gasteiger partial charge in [-0.1, -0.05) is 6.08 Å². The van der Waals surface area contributed by atoms with Gasteiger partial charge in [-0.15, -0.1) is 0 Å². The summed E-state index contributed by atoms with van der Waals surface area (Å²) in [7, 11) is 0. The highest BCUT2D eigenvalue weighted by Gasteiger charge is 2.48. The summed E-state index contributed by atoms with van der Waals surface area (Å²) in [4.78, 5) is 11.3. The van der Waals surface area contributed by atoms with Crippen molar-refractivity contribution in [2.45, 2.75) is 19.4 Å². The Bertz CT molecular complexity index is 228. The number of hydrogen-bond acceptors (Lipinski definition) is 2. The molecule has 1 aliphatic heterocycles. The molecule has 2 aliphatic rings. The molecule has 0 aromatic carbocycles. The molecule has 0 spiro atoms. The third-order valence-corrected chi connectivity index (χ3v) is 2.64. The minimum Gasteiger partial charge on any atom is -0.374 e. The first-order valence-electron chi connectivity index (χ1n) is 3.97. The molecule has 60 valence electrons. The normalized spacial score (nSPS) is 39.6. The van der Waals surface area contributed by atoms with Crippen LogP contribution in [0.4, 0.5) is 0 Å². The molecule has 2 nitrogen and oxygen atoms in total. The average molecular weight is 152 g/mol. The molecule has 0 radical (unpaired) electrons. The van der Waals surface area contributed by atoms with Crippen LogP contribution in [0.5, 0.6) is 0 Å². The number of allylic oxidation sites excluding steroid dienone is 1. The molecule has 1 aliphatic carbocycles. The molecule has 2 heteroatoms. The molecule has 0 saturated carbocycles. The van der Waals surface area contributed by atoms with E-state index in [1.165, 1.54) is 0 Å². The molecule has 0 N–H and O–H groups in total. The van der Waals surface area contributed by atoms with Gasteiger partial charge in [0.25, 0.3) is 0 Å². The molecule has 0 bridgehead atoms. The summed E-state index contributed by atoms with van der Waals surface area (Å²) < 4.78 is 5.51. The minimum atomic E-state index is -0.245. The Labute approximate surface area is 66.2 Å². The first-order chi connectivity index (χ1) is 5.11. The van der Waals surface area contributed by atoms with Crippen LogP contribution in [-0.4, -0.2) is 18.0 Å². The van der Waals surface area contributed by atoms with Gasteiger partial charge in [0.1, 0.15) is 0 Å². The Balaban J connectivity index is 2.32. The summed E-state index contributed by atoms with van der Waals surface area (Å²) >= 11 is 0. The van der Waals surface area contributed by atoms with Crippen LogP contribution in [0.25, 0.3) is 0 Å². The van der Waals surface area contributed by atoms with E-state index in [4.69, 9.17) is 4.74 Å². The fourth-order valence-electron chi connectivity index (χ4n) is 2.05. The van der Waals surface area contributed by atoms with E-state index < -0.39 is 0 Å². The van der Waals surface area contributed by atoms with E-state index in [9.17, 15) is 4.79 Å². The van der Waals surface area contributed by atoms with Gasteiger partial charge >= 0.3 is 0 Å². The van der Waals surface area contributed by atoms with Crippen molar-refractivity contribution in [1.82, 2.24) is 0 Å². The van der Waals surface area contributed by atoms with Crippen LogP contribution < -0.4 is 0 Å². The van der Waals surface area contributed by atoms with Crippen molar-refractivity contribution < 1.29 is 9.53 Å². The summed E-state index contributed by atoms with van der Waals surface area (Å²) in [6.07, 6.45) is 3.67. The lowest BCUT2D eigenvalue weighted by Gasteiger charge is -2.22. The van der Waals surface area contributed by atoms with Gasteiger partial charge in [-0.25, -0.2) is 0 Å². The second-order valence-corrected chi connectivity index (χ2v) is 3.82. The van der Waals surface area contributed by atoms with Gasteiger partial charge in [0, 0.05) is 5.92 Å². The number of ether oxygens (including phenoxy) is 1. The van der Waals surface area contributed by atoms with Crippen molar-refractivity contribution in [2.24, 2.45) is 11.8 Å². The lowest BCUT2D eigenvalue weighted by molar-refractivity contribution is -0.122. The van der Waals surface area contributed by atoms with E-state index in [0.29, 0.717) is 12.5 Å². The summed E-state index contributed by atoms with van der Waals surface area (Å²) in [5.41, 5.74) is -0.245. The smallest absolute Gasteiger partial charge is 0.161 e. The van der Waals surface area contributed by atoms with Crippen molar-refractivity contribution in [3.05, 3.63) is 12.2 Å². The number of carbonyl (C=O) groups is 1. The second-order valence-electron chi connectivity index (χ2n) is 3.82. The third-order valence-electron chi connectivity index (χ3n) is 2.64. The van der Waals surface area contributed by atoms with Gasteiger partial charge in [-0.2, -0.15) is 0 Å². The average Bonchev–Trinajstić information content (AvgIpc) is 2.38. The maximum atomic E-state index is 11.3. The van der Waals surface area contributed by atoms with E-state index >= 15 is 0 Å². The fourth-order valence-corrected chi connectivity index (χ4v) is 2.05. The summed E-state index contributed by atoms with van der Waals surface area (Å²) in [6, 6.07) is 0. The van der Waals surface area contributed by atoms with Crippen molar-refractivity contribution in [2.75, 3.05) is 6.61 Å². The molecular weight excluding hydrogens is 140 g/mol. The van der Waals surface area contributed by atoms with Crippen molar-refractivity contribution >= 4 is 5.78 Å². The van der Waals surface area contributed by atoms with Gasteiger partial charge in [0.15, 0.2) is 5.78 Å². The Morgan fingerprint density at radius 3 is 3.00 bits per heavy atom. The van der Waals surface area contributed by atoms with Gasteiger partial charge in [-0.05, 0) is 19.9 Å². The largest absolute Gasteiger partial charge is 0.374 e. The zero-order chi connectivity index (χ0) is 8.06. The van der Waals surface area contributed by atoms with E-state index in [2.05, 4.69) is 0 Å². The molecule has 0 aromatic rings. The van der Waals surface area contributed by atoms with Crippen LogP contribution in [0.2, 0.25) is 0 Å². The predicted octanol–water partition coefficient (Wildman–Crippen LogP) is 1.17.